The lowest BCUT2D eigenvalue weighted by Crippen LogP contribution is -2.11. The summed E-state index contributed by atoms with van der Waals surface area (Å²) in [6, 6.07) is 15.1. The number of carbonyl (C=O) groups excluding carboxylic acids is 1. The van der Waals surface area contributed by atoms with Crippen LogP contribution in [0.5, 0.6) is 0 Å². The van der Waals surface area contributed by atoms with Crippen molar-refractivity contribution in [2.45, 2.75) is 6.42 Å². The van der Waals surface area contributed by atoms with Gasteiger partial charge in [-0.05, 0) is 23.8 Å². The average molecular weight is 349 g/mol. The number of anilines is 1. The van der Waals surface area contributed by atoms with E-state index in [4.69, 9.17) is 15.9 Å². The van der Waals surface area contributed by atoms with Gasteiger partial charge in [0.05, 0.1) is 5.56 Å². The number of nitrogens with two attached hydrogens (primary N) is 2. The normalized spacial score (nSPS) is 11.0. The number of thiazole rings is 1. The van der Waals surface area contributed by atoms with Gasteiger partial charge in [0.2, 0.25) is 0 Å². The molecular formula is C19H15N3O2S. The van der Waals surface area contributed by atoms with Gasteiger partial charge in [0.15, 0.2) is 10.8 Å². The summed E-state index contributed by atoms with van der Waals surface area (Å²) in [5.74, 6) is -0.0857. The fourth-order valence-corrected chi connectivity index (χ4v) is 3.71. The minimum absolute atomic E-state index is 0.379. The van der Waals surface area contributed by atoms with Crippen molar-refractivity contribution in [2.24, 2.45) is 5.73 Å². The van der Waals surface area contributed by atoms with Crippen molar-refractivity contribution in [1.82, 2.24) is 4.98 Å². The van der Waals surface area contributed by atoms with Gasteiger partial charge < -0.3 is 15.9 Å². The van der Waals surface area contributed by atoms with E-state index in [2.05, 4.69) is 4.98 Å². The Balaban J connectivity index is 1.72. The summed E-state index contributed by atoms with van der Waals surface area (Å²) >= 11 is 1.49. The first-order chi connectivity index (χ1) is 12.1. The number of furan rings is 1. The number of nitrogen functional groups attached to an aromatic ring is 1. The van der Waals surface area contributed by atoms with Gasteiger partial charge >= 0.3 is 0 Å². The molecule has 0 radical (unpaired) electrons. The third kappa shape index (κ3) is 2.88. The number of aromatic nitrogens is 1. The molecule has 124 valence electrons. The molecule has 4 rings (SSSR count). The van der Waals surface area contributed by atoms with Crippen LogP contribution < -0.4 is 11.5 Å². The molecule has 0 bridgehead atoms. The first kappa shape index (κ1) is 15.4. The number of fused-ring (bicyclic) bond motifs is 1. The first-order valence-electron chi connectivity index (χ1n) is 7.72. The molecule has 0 aliphatic heterocycles. The molecule has 4 N–H and O–H groups in total. The lowest BCUT2D eigenvalue weighted by Gasteiger charge is -1.99. The van der Waals surface area contributed by atoms with Crippen LogP contribution in [0.1, 0.15) is 20.8 Å². The molecule has 0 fully saturated rings. The predicted molar refractivity (Wildman–Crippen MR) is 99.5 cm³/mol. The largest absolute Gasteiger partial charge is 0.453 e. The Morgan fingerprint density at radius 3 is 2.64 bits per heavy atom. The van der Waals surface area contributed by atoms with Crippen molar-refractivity contribution in [3.63, 3.8) is 0 Å². The molecule has 4 aromatic rings. The van der Waals surface area contributed by atoms with Crippen LogP contribution in [-0.2, 0) is 6.42 Å². The third-order valence-electron chi connectivity index (χ3n) is 3.95. The number of hydrogen-bond acceptors (Lipinski definition) is 5. The molecule has 0 spiro atoms. The zero-order valence-electron chi connectivity index (χ0n) is 13.2. The van der Waals surface area contributed by atoms with Crippen LogP contribution in [-0.4, -0.2) is 10.9 Å². The zero-order valence-corrected chi connectivity index (χ0v) is 14.0. The Morgan fingerprint density at radius 2 is 1.88 bits per heavy atom. The van der Waals surface area contributed by atoms with Gasteiger partial charge in [-0.25, -0.2) is 4.98 Å². The molecule has 0 saturated heterocycles. The van der Waals surface area contributed by atoms with Crippen molar-refractivity contribution in [2.75, 3.05) is 5.73 Å². The Bertz CT molecular complexity index is 1060. The minimum atomic E-state index is -0.518. The van der Waals surface area contributed by atoms with E-state index < -0.39 is 5.91 Å². The van der Waals surface area contributed by atoms with Crippen molar-refractivity contribution in [3.8, 4) is 10.8 Å². The lowest BCUT2D eigenvalue weighted by atomic mass is 10.1. The van der Waals surface area contributed by atoms with E-state index in [1.165, 1.54) is 11.3 Å². The van der Waals surface area contributed by atoms with E-state index in [0.717, 1.165) is 22.5 Å². The summed E-state index contributed by atoms with van der Waals surface area (Å²) in [6.07, 6.45) is 2.54. The first-order valence-corrected chi connectivity index (χ1v) is 8.54. The smallest absolute Gasteiger partial charge is 0.253 e. The second kappa shape index (κ2) is 6.07. The number of amides is 1. The molecule has 0 unspecified atom stereocenters. The van der Waals surface area contributed by atoms with Crippen molar-refractivity contribution in [1.29, 1.82) is 0 Å². The van der Waals surface area contributed by atoms with Crippen molar-refractivity contribution in [3.05, 3.63) is 70.7 Å². The summed E-state index contributed by atoms with van der Waals surface area (Å²) < 4.78 is 5.86. The van der Waals surface area contributed by atoms with Crippen LogP contribution in [0.3, 0.4) is 0 Å². The SMILES string of the molecule is NC(=O)c1c(-c2ncc(Cc3ccc(N)cc3)s2)oc2ccccc12. The molecule has 2 heterocycles. The second-order valence-electron chi connectivity index (χ2n) is 5.72. The fourth-order valence-electron chi connectivity index (χ4n) is 2.77. The Morgan fingerprint density at radius 1 is 1.12 bits per heavy atom. The Labute approximate surface area is 147 Å². The van der Waals surface area contributed by atoms with Gasteiger partial charge in [0.1, 0.15) is 5.58 Å². The average Bonchev–Trinajstić information content (AvgIpc) is 3.21. The number of benzene rings is 2. The maximum absolute atomic E-state index is 11.9. The van der Waals surface area contributed by atoms with Crippen LogP contribution in [0.2, 0.25) is 0 Å². The van der Waals surface area contributed by atoms with Crippen LogP contribution in [0.25, 0.3) is 21.7 Å². The highest BCUT2D eigenvalue weighted by Gasteiger charge is 2.22. The summed E-state index contributed by atoms with van der Waals surface area (Å²) in [6.45, 7) is 0. The van der Waals surface area contributed by atoms with Gasteiger partial charge in [-0.3, -0.25) is 4.79 Å². The van der Waals surface area contributed by atoms with E-state index in [1.54, 1.807) is 6.20 Å². The van der Waals surface area contributed by atoms with Gasteiger partial charge in [-0.2, -0.15) is 0 Å². The van der Waals surface area contributed by atoms with E-state index in [-0.39, 0.29) is 0 Å². The summed E-state index contributed by atoms with van der Waals surface area (Å²) in [5.41, 5.74) is 14.2. The van der Waals surface area contributed by atoms with Gasteiger partial charge in [-0.15, -0.1) is 11.3 Å². The highest BCUT2D eigenvalue weighted by Crippen LogP contribution is 2.35. The number of rotatable bonds is 4. The van der Waals surface area contributed by atoms with Gasteiger partial charge in [-0.1, -0.05) is 30.3 Å². The molecule has 0 aliphatic carbocycles. The molecular weight excluding hydrogens is 334 g/mol. The molecule has 0 saturated carbocycles. The Kier molecular flexibility index (Phi) is 3.74. The maximum Gasteiger partial charge on any atom is 0.253 e. The summed E-state index contributed by atoms with van der Waals surface area (Å²) in [5, 5.41) is 1.36. The molecule has 5 nitrogen and oxygen atoms in total. The van der Waals surface area contributed by atoms with Crippen LogP contribution in [0, 0.1) is 0 Å². The zero-order chi connectivity index (χ0) is 17.4. The molecule has 2 aromatic heterocycles. The maximum atomic E-state index is 11.9. The minimum Gasteiger partial charge on any atom is -0.453 e. The molecule has 2 aromatic carbocycles. The monoisotopic (exact) mass is 349 g/mol. The molecule has 0 atom stereocenters. The number of hydrogen-bond donors (Lipinski definition) is 2. The number of nitrogens with zero attached hydrogens (tertiary/aromatic N) is 1. The third-order valence-corrected chi connectivity index (χ3v) is 4.94. The second-order valence-corrected chi connectivity index (χ2v) is 6.83. The van der Waals surface area contributed by atoms with Crippen molar-refractivity contribution >= 4 is 33.9 Å². The number of carbonyl (C=O) groups is 1. The van der Waals surface area contributed by atoms with E-state index in [0.29, 0.717) is 27.3 Å². The molecule has 1 amide bonds. The highest BCUT2D eigenvalue weighted by molar-refractivity contribution is 7.15. The topological polar surface area (TPSA) is 95.1 Å². The number of primary amides is 1. The molecule has 0 aliphatic rings. The van der Waals surface area contributed by atoms with Crippen LogP contribution in [0.4, 0.5) is 5.69 Å². The predicted octanol–water partition coefficient (Wildman–Crippen LogP) is 3.83. The van der Waals surface area contributed by atoms with E-state index in [9.17, 15) is 4.79 Å². The van der Waals surface area contributed by atoms with Crippen LogP contribution in [0.15, 0.2) is 59.1 Å². The van der Waals surface area contributed by atoms with Gasteiger partial charge in [0.25, 0.3) is 5.91 Å². The van der Waals surface area contributed by atoms with Gasteiger partial charge in [0, 0.05) is 28.6 Å². The molecule has 25 heavy (non-hydrogen) atoms. The Hall–Kier alpha value is -3.12. The molecule has 6 heteroatoms. The van der Waals surface area contributed by atoms with Crippen molar-refractivity contribution < 1.29 is 9.21 Å². The number of para-hydroxylation sites is 1. The summed E-state index contributed by atoms with van der Waals surface area (Å²) in [4.78, 5) is 17.4. The van der Waals surface area contributed by atoms with E-state index in [1.807, 2.05) is 48.5 Å². The fraction of sp³-hybridized carbons (Fsp3) is 0.0526. The lowest BCUT2D eigenvalue weighted by molar-refractivity contribution is 0.100. The van der Waals surface area contributed by atoms with Crippen LogP contribution >= 0.6 is 11.3 Å². The van der Waals surface area contributed by atoms with E-state index >= 15 is 0 Å². The summed E-state index contributed by atoms with van der Waals surface area (Å²) in [7, 11) is 0. The standard InChI is InChI=1S/C19H15N3O2S/c20-12-7-5-11(6-8-12)9-13-10-22-19(25-13)17-16(18(21)23)14-3-1-2-4-15(14)24-17/h1-8,10H,9,20H2,(H2,21,23). The quantitative estimate of drug-likeness (QED) is 0.547. The highest BCUT2D eigenvalue weighted by atomic mass is 32.1.